The van der Waals surface area contributed by atoms with Gasteiger partial charge in [-0.05, 0) is 41.7 Å². The third-order valence-electron chi connectivity index (χ3n) is 6.26. The van der Waals surface area contributed by atoms with Gasteiger partial charge in [-0.2, -0.15) is 0 Å². The summed E-state index contributed by atoms with van der Waals surface area (Å²) in [6.07, 6.45) is 3.38. The zero-order chi connectivity index (χ0) is 28.6. The van der Waals surface area contributed by atoms with Crippen LogP contribution in [-0.2, 0) is 14.3 Å². The third-order valence-corrected chi connectivity index (χ3v) is 6.26. The van der Waals surface area contributed by atoms with Gasteiger partial charge in [0.2, 0.25) is 5.91 Å². The molecule has 2 heterocycles. The molecule has 1 aromatic carbocycles. The lowest BCUT2D eigenvalue weighted by molar-refractivity contribution is -0.137. The van der Waals surface area contributed by atoms with Crippen LogP contribution in [-0.4, -0.2) is 72.2 Å². The van der Waals surface area contributed by atoms with Gasteiger partial charge >= 0.3 is 12.1 Å². The Kier molecular flexibility index (Phi) is 9.86. The van der Waals surface area contributed by atoms with Crippen molar-refractivity contribution in [2.45, 2.75) is 46.1 Å². The van der Waals surface area contributed by atoms with Crippen LogP contribution >= 0.6 is 0 Å². The molecule has 0 aliphatic carbocycles. The van der Waals surface area contributed by atoms with Crippen molar-refractivity contribution in [3.63, 3.8) is 0 Å². The van der Waals surface area contributed by atoms with Crippen molar-refractivity contribution in [3.05, 3.63) is 53.9 Å². The van der Waals surface area contributed by atoms with Gasteiger partial charge in [-0.1, -0.05) is 26.8 Å². The predicted octanol–water partition coefficient (Wildman–Crippen LogP) is 3.68. The molecule has 1 unspecified atom stereocenters. The number of benzene rings is 1. The van der Waals surface area contributed by atoms with Crippen LogP contribution in [0.2, 0.25) is 0 Å². The molecule has 0 bridgehead atoms. The van der Waals surface area contributed by atoms with Crippen molar-refractivity contribution < 1.29 is 29.0 Å². The summed E-state index contributed by atoms with van der Waals surface area (Å²) in [5.74, 6) is -1.72. The van der Waals surface area contributed by atoms with Crippen molar-refractivity contribution in [3.8, 4) is 0 Å². The molecular weight excluding hydrogens is 502 g/mol. The van der Waals surface area contributed by atoms with Gasteiger partial charge in [0.15, 0.2) is 0 Å². The molecule has 11 nitrogen and oxygen atoms in total. The number of hydrogen-bond donors (Lipinski definition) is 3. The van der Waals surface area contributed by atoms with E-state index in [4.69, 9.17) is 4.74 Å². The lowest BCUT2D eigenvalue weighted by Crippen LogP contribution is -2.35. The molecule has 1 aliphatic heterocycles. The predicted molar refractivity (Wildman–Crippen MR) is 147 cm³/mol. The molecule has 210 valence electrons. The average Bonchev–Trinajstić information content (AvgIpc) is 3.13. The molecule has 1 fully saturated rings. The molecule has 1 saturated heterocycles. The Balaban J connectivity index is 1.89. The second-order valence-corrected chi connectivity index (χ2v) is 10.7. The number of carbonyl (C=O) groups is 4. The summed E-state index contributed by atoms with van der Waals surface area (Å²) < 4.78 is 4.86. The first-order valence-corrected chi connectivity index (χ1v) is 12.9. The minimum atomic E-state index is -1.06. The van der Waals surface area contributed by atoms with E-state index in [0.29, 0.717) is 43.9 Å². The standard InChI is InChI=1S/C28H37N5O6/c1-28(2,3)17-24(34)30-22-15-19(26(37)31-21(16-25(35)36)20-7-5-10-29-18-20)8-9-23(22)32-11-6-12-33(14-13-32)27(38)39-4/h5,7-10,15,18,21H,6,11-14,16-17H2,1-4H3,(H,30,34)(H,31,37)(H,35,36). The molecule has 1 atom stereocenters. The fraction of sp³-hybridized carbons (Fsp3) is 0.464. The SMILES string of the molecule is COC(=O)N1CCCN(c2ccc(C(=O)NC(CC(=O)O)c3cccnc3)cc2NC(=O)CC(C)(C)C)CC1. The van der Waals surface area contributed by atoms with Gasteiger partial charge in [0.25, 0.3) is 5.91 Å². The zero-order valence-electron chi connectivity index (χ0n) is 22.9. The molecule has 2 aromatic rings. The number of hydrogen-bond acceptors (Lipinski definition) is 7. The van der Waals surface area contributed by atoms with E-state index in [0.717, 1.165) is 5.69 Å². The van der Waals surface area contributed by atoms with Crippen molar-refractivity contribution in [2.24, 2.45) is 5.41 Å². The minimum Gasteiger partial charge on any atom is -0.481 e. The maximum absolute atomic E-state index is 13.3. The minimum absolute atomic E-state index is 0.188. The summed E-state index contributed by atoms with van der Waals surface area (Å²) in [7, 11) is 1.35. The number of ether oxygens (including phenoxy) is 1. The maximum atomic E-state index is 13.3. The fourth-order valence-corrected chi connectivity index (χ4v) is 4.45. The quantitative estimate of drug-likeness (QED) is 0.461. The number of amides is 3. The van der Waals surface area contributed by atoms with E-state index >= 15 is 0 Å². The van der Waals surface area contributed by atoms with Crippen LogP contribution in [0, 0.1) is 5.41 Å². The first-order chi connectivity index (χ1) is 18.5. The Bertz CT molecular complexity index is 1180. The van der Waals surface area contributed by atoms with Crippen molar-refractivity contribution in [1.82, 2.24) is 15.2 Å². The van der Waals surface area contributed by atoms with Crippen LogP contribution in [0.5, 0.6) is 0 Å². The van der Waals surface area contributed by atoms with E-state index in [-0.39, 0.29) is 35.8 Å². The Hall–Kier alpha value is -4.15. The van der Waals surface area contributed by atoms with E-state index in [2.05, 4.69) is 20.5 Å². The number of rotatable bonds is 8. The monoisotopic (exact) mass is 539 g/mol. The van der Waals surface area contributed by atoms with Gasteiger partial charge in [-0.3, -0.25) is 19.4 Å². The number of pyridine rings is 1. The molecule has 3 rings (SSSR count). The first-order valence-electron chi connectivity index (χ1n) is 12.9. The fourth-order valence-electron chi connectivity index (χ4n) is 4.45. The lowest BCUT2D eigenvalue weighted by atomic mass is 9.92. The highest BCUT2D eigenvalue weighted by Gasteiger charge is 2.25. The van der Waals surface area contributed by atoms with Gasteiger partial charge in [0.1, 0.15) is 0 Å². The van der Waals surface area contributed by atoms with Gasteiger partial charge < -0.3 is 30.3 Å². The Morgan fingerprint density at radius 2 is 1.87 bits per heavy atom. The number of methoxy groups -OCH3 is 1. The summed E-state index contributed by atoms with van der Waals surface area (Å²) >= 11 is 0. The summed E-state index contributed by atoms with van der Waals surface area (Å²) in [5.41, 5.74) is 1.81. The maximum Gasteiger partial charge on any atom is 0.409 e. The zero-order valence-corrected chi connectivity index (χ0v) is 22.9. The third kappa shape index (κ3) is 8.69. The highest BCUT2D eigenvalue weighted by molar-refractivity contribution is 6.00. The summed E-state index contributed by atoms with van der Waals surface area (Å²) in [6, 6.07) is 7.63. The number of aliphatic carboxylic acids is 1. The second kappa shape index (κ2) is 13.1. The molecule has 3 amide bonds. The highest BCUT2D eigenvalue weighted by atomic mass is 16.5. The smallest absolute Gasteiger partial charge is 0.409 e. The Morgan fingerprint density at radius 1 is 1.10 bits per heavy atom. The molecule has 39 heavy (non-hydrogen) atoms. The average molecular weight is 540 g/mol. The number of carbonyl (C=O) groups excluding carboxylic acids is 3. The number of anilines is 2. The molecule has 0 radical (unpaired) electrons. The van der Waals surface area contributed by atoms with Gasteiger partial charge in [-0.15, -0.1) is 0 Å². The second-order valence-electron chi connectivity index (χ2n) is 10.7. The van der Waals surface area contributed by atoms with Crippen LogP contribution in [0.25, 0.3) is 0 Å². The van der Waals surface area contributed by atoms with E-state index in [1.54, 1.807) is 41.4 Å². The molecule has 1 aromatic heterocycles. The number of nitrogens with one attached hydrogen (secondary N) is 2. The summed E-state index contributed by atoms with van der Waals surface area (Å²) in [4.78, 5) is 57.4. The van der Waals surface area contributed by atoms with E-state index in [9.17, 15) is 24.3 Å². The Morgan fingerprint density at radius 3 is 2.51 bits per heavy atom. The van der Waals surface area contributed by atoms with Crippen LogP contribution in [0.1, 0.15) is 62.0 Å². The van der Waals surface area contributed by atoms with Crippen molar-refractivity contribution in [2.75, 3.05) is 43.5 Å². The molecular formula is C28H37N5O6. The van der Waals surface area contributed by atoms with E-state index in [1.807, 2.05) is 20.8 Å². The van der Waals surface area contributed by atoms with Crippen molar-refractivity contribution in [1.29, 1.82) is 0 Å². The van der Waals surface area contributed by atoms with Gasteiger partial charge in [-0.25, -0.2) is 4.79 Å². The molecule has 11 heteroatoms. The van der Waals surface area contributed by atoms with E-state index < -0.39 is 17.9 Å². The number of carboxylic acids is 1. The number of carboxylic acid groups (broad SMARTS) is 1. The lowest BCUT2D eigenvalue weighted by Gasteiger charge is -2.27. The van der Waals surface area contributed by atoms with E-state index in [1.165, 1.54) is 13.3 Å². The summed E-state index contributed by atoms with van der Waals surface area (Å²) in [6.45, 7) is 8.06. The normalized spacial score (nSPS) is 14.7. The van der Waals surface area contributed by atoms with Crippen LogP contribution < -0.4 is 15.5 Å². The van der Waals surface area contributed by atoms with Gasteiger partial charge in [0, 0.05) is 50.6 Å². The highest BCUT2D eigenvalue weighted by Crippen LogP contribution is 2.30. The topological polar surface area (TPSA) is 141 Å². The van der Waals surface area contributed by atoms with Crippen LogP contribution in [0.15, 0.2) is 42.7 Å². The number of aromatic nitrogens is 1. The Labute approximate surface area is 228 Å². The first kappa shape index (κ1) is 29.4. The molecule has 0 saturated carbocycles. The molecule has 1 aliphatic rings. The van der Waals surface area contributed by atoms with Crippen LogP contribution in [0.4, 0.5) is 16.2 Å². The largest absolute Gasteiger partial charge is 0.481 e. The molecule has 0 spiro atoms. The summed E-state index contributed by atoms with van der Waals surface area (Å²) in [5, 5.41) is 15.1. The van der Waals surface area contributed by atoms with Gasteiger partial charge in [0.05, 0.1) is 30.9 Å². The number of nitrogens with zero attached hydrogens (tertiary/aromatic N) is 3. The van der Waals surface area contributed by atoms with Crippen molar-refractivity contribution >= 4 is 35.3 Å². The van der Waals surface area contributed by atoms with Crippen LogP contribution in [0.3, 0.4) is 0 Å². The molecule has 3 N–H and O–H groups in total.